The first-order valence-electron chi connectivity index (χ1n) is 4.86. The fourth-order valence-corrected chi connectivity index (χ4v) is 1.77. The molecule has 6 heteroatoms. The number of carbonyl (C=O) groups excluding carboxylic acids is 1. The molecule has 17 heavy (non-hydrogen) atoms. The van der Waals surface area contributed by atoms with Crippen LogP contribution < -0.4 is 4.74 Å². The molecule has 0 saturated carbocycles. The van der Waals surface area contributed by atoms with Crippen LogP contribution in [0.3, 0.4) is 0 Å². The molecule has 2 heterocycles. The molecule has 5 nitrogen and oxygen atoms in total. The minimum atomic E-state index is -0.264. The number of methoxy groups -OCH3 is 1. The van der Waals surface area contributed by atoms with Gasteiger partial charge in [-0.15, -0.1) is 0 Å². The van der Waals surface area contributed by atoms with Crippen molar-refractivity contribution in [2.24, 2.45) is 7.05 Å². The van der Waals surface area contributed by atoms with Gasteiger partial charge in [0, 0.05) is 13.2 Å². The molecule has 0 bridgehead atoms. The van der Waals surface area contributed by atoms with Gasteiger partial charge in [0.05, 0.1) is 23.9 Å². The van der Waals surface area contributed by atoms with E-state index in [9.17, 15) is 4.79 Å². The summed E-state index contributed by atoms with van der Waals surface area (Å²) in [5.41, 5.74) is 0.679. The summed E-state index contributed by atoms with van der Waals surface area (Å²) in [5.74, 6) is 0.00900. The van der Waals surface area contributed by atoms with Crippen molar-refractivity contribution in [2.75, 3.05) is 7.11 Å². The number of halogens is 1. The average molecular weight is 252 g/mol. The van der Waals surface area contributed by atoms with E-state index in [0.717, 1.165) is 0 Å². The van der Waals surface area contributed by atoms with Crippen LogP contribution in [-0.2, 0) is 7.05 Å². The maximum absolute atomic E-state index is 12.3. The van der Waals surface area contributed by atoms with Crippen molar-refractivity contribution in [3.63, 3.8) is 0 Å². The van der Waals surface area contributed by atoms with Crippen molar-refractivity contribution < 1.29 is 9.53 Å². The maximum atomic E-state index is 12.3. The Morgan fingerprint density at radius 2 is 2.29 bits per heavy atom. The Hall–Kier alpha value is -1.88. The average Bonchev–Trinajstić information content (AvgIpc) is 2.68. The van der Waals surface area contributed by atoms with Crippen LogP contribution >= 0.6 is 11.6 Å². The van der Waals surface area contributed by atoms with E-state index in [0.29, 0.717) is 16.3 Å². The molecular weight excluding hydrogens is 242 g/mol. The Morgan fingerprint density at radius 3 is 2.88 bits per heavy atom. The molecule has 2 rings (SSSR count). The molecule has 2 aromatic heterocycles. The van der Waals surface area contributed by atoms with Crippen LogP contribution in [-0.4, -0.2) is 27.7 Å². The number of nitrogens with zero attached hydrogens (tertiary/aromatic N) is 3. The number of ketones is 1. The molecular formula is C11H10ClN3O2. The van der Waals surface area contributed by atoms with Gasteiger partial charge in [0.2, 0.25) is 11.7 Å². The van der Waals surface area contributed by atoms with E-state index in [1.807, 2.05) is 0 Å². The molecule has 0 aliphatic carbocycles. The second-order valence-electron chi connectivity index (χ2n) is 3.35. The molecule has 0 aliphatic heterocycles. The monoisotopic (exact) mass is 251 g/mol. The highest BCUT2D eigenvalue weighted by Crippen LogP contribution is 2.22. The maximum Gasteiger partial charge on any atom is 0.224 e. The molecule has 0 N–H and O–H groups in total. The van der Waals surface area contributed by atoms with Gasteiger partial charge in [0.1, 0.15) is 5.69 Å². The number of carbonyl (C=O) groups is 1. The lowest BCUT2D eigenvalue weighted by Crippen LogP contribution is -2.10. The molecule has 0 fully saturated rings. The summed E-state index contributed by atoms with van der Waals surface area (Å²) in [6, 6.07) is 3.30. The van der Waals surface area contributed by atoms with Gasteiger partial charge in [-0.3, -0.25) is 9.48 Å². The van der Waals surface area contributed by atoms with Crippen molar-refractivity contribution in [1.29, 1.82) is 0 Å². The summed E-state index contributed by atoms with van der Waals surface area (Å²) < 4.78 is 6.47. The van der Waals surface area contributed by atoms with Crippen molar-refractivity contribution >= 4 is 17.4 Å². The summed E-state index contributed by atoms with van der Waals surface area (Å²) in [6.45, 7) is 0. The molecule has 2 aromatic rings. The van der Waals surface area contributed by atoms with E-state index in [4.69, 9.17) is 16.3 Å². The smallest absolute Gasteiger partial charge is 0.224 e. The van der Waals surface area contributed by atoms with Gasteiger partial charge in [-0.05, 0) is 12.1 Å². The largest absolute Gasteiger partial charge is 0.480 e. The van der Waals surface area contributed by atoms with E-state index < -0.39 is 0 Å². The lowest BCUT2D eigenvalue weighted by Gasteiger charge is -2.06. The van der Waals surface area contributed by atoms with Gasteiger partial charge in [-0.1, -0.05) is 11.6 Å². The highest BCUT2D eigenvalue weighted by molar-refractivity contribution is 6.34. The van der Waals surface area contributed by atoms with E-state index >= 15 is 0 Å². The Bertz CT molecular complexity index is 546. The normalized spacial score (nSPS) is 10.3. The molecule has 0 aromatic carbocycles. The quantitative estimate of drug-likeness (QED) is 0.780. The summed E-state index contributed by atoms with van der Waals surface area (Å²) in [5, 5.41) is 4.23. The first-order valence-corrected chi connectivity index (χ1v) is 5.24. The topological polar surface area (TPSA) is 57.0 Å². The van der Waals surface area contributed by atoms with E-state index in [1.165, 1.54) is 18.0 Å². The molecule has 0 amide bonds. The fraction of sp³-hybridized carbons (Fsp3) is 0.182. The number of pyridine rings is 1. The number of hydrogen-bond acceptors (Lipinski definition) is 4. The number of ether oxygens (including phenoxy) is 1. The van der Waals surface area contributed by atoms with Crippen LogP contribution in [0.5, 0.6) is 5.88 Å². The van der Waals surface area contributed by atoms with Crippen molar-refractivity contribution in [2.45, 2.75) is 0 Å². The fourth-order valence-electron chi connectivity index (χ4n) is 1.52. The molecule has 0 aliphatic rings. The molecule has 0 spiro atoms. The van der Waals surface area contributed by atoms with Gasteiger partial charge >= 0.3 is 0 Å². The Balaban J connectivity index is 2.51. The van der Waals surface area contributed by atoms with Gasteiger partial charge in [0.15, 0.2) is 0 Å². The van der Waals surface area contributed by atoms with Crippen molar-refractivity contribution in [1.82, 2.24) is 14.8 Å². The third-order valence-corrected chi connectivity index (χ3v) is 2.59. The number of aromatic nitrogens is 3. The molecule has 0 atom stereocenters. The summed E-state index contributed by atoms with van der Waals surface area (Å²) in [4.78, 5) is 16.2. The first kappa shape index (κ1) is 11.6. The van der Waals surface area contributed by atoms with E-state index in [2.05, 4.69) is 10.1 Å². The first-order chi connectivity index (χ1) is 8.15. The molecule has 0 unspecified atom stereocenters. The summed E-state index contributed by atoms with van der Waals surface area (Å²) in [6.07, 6.45) is 2.98. The highest BCUT2D eigenvalue weighted by Gasteiger charge is 2.21. The summed E-state index contributed by atoms with van der Waals surface area (Å²) in [7, 11) is 3.12. The second kappa shape index (κ2) is 4.55. The van der Waals surface area contributed by atoms with Gasteiger partial charge < -0.3 is 4.74 Å². The predicted molar refractivity (Wildman–Crippen MR) is 62.4 cm³/mol. The number of rotatable bonds is 3. The predicted octanol–water partition coefficient (Wildman–Crippen LogP) is 1.71. The van der Waals surface area contributed by atoms with Crippen LogP contribution in [0.4, 0.5) is 0 Å². The number of aryl methyl sites for hydroxylation is 1. The second-order valence-corrected chi connectivity index (χ2v) is 3.76. The van der Waals surface area contributed by atoms with Crippen LogP contribution in [0.15, 0.2) is 24.5 Å². The highest BCUT2D eigenvalue weighted by atomic mass is 35.5. The SMILES string of the molecule is COc1ncccc1C(=O)c1c(Cl)cnn1C. The van der Waals surface area contributed by atoms with Crippen LogP contribution in [0.25, 0.3) is 0 Å². The zero-order valence-electron chi connectivity index (χ0n) is 9.35. The van der Waals surface area contributed by atoms with Crippen LogP contribution in [0.1, 0.15) is 16.1 Å². The van der Waals surface area contributed by atoms with Gasteiger partial charge in [-0.2, -0.15) is 5.10 Å². The molecule has 0 saturated heterocycles. The van der Waals surface area contributed by atoms with E-state index in [-0.39, 0.29) is 11.7 Å². The zero-order chi connectivity index (χ0) is 12.4. The van der Waals surface area contributed by atoms with Crippen LogP contribution in [0.2, 0.25) is 5.02 Å². The lowest BCUT2D eigenvalue weighted by atomic mass is 10.1. The minimum Gasteiger partial charge on any atom is -0.480 e. The standard InChI is InChI=1S/C11H10ClN3O2/c1-15-9(8(12)6-14-15)10(16)7-4-3-5-13-11(7)17-2/h3-6H,1-2H3. The lowest BCUT2D eigenvalue weighted by molar-refractivity contribution is 0.102. The summed E-state index contributed by atoms with van der Waals surface area (Å²) >= 11 is 5.92. The molecule has 88 valence electrons. The third kappa shape index (κ3) is 2.01. The van der Waals surface area contributed by atoms with Crippen molar-refractivity contribution in [3.05, 3.63) is 40.8 Å². The molecule has 0 radical (unpaired) electrons. The van der Waals surface area contributed by atoms with Gasteiger partial charge in [0.25, 0.3) is 0 Å². The minimum absolute atomic E-state index is 0.264. The Kier molecular flexibility index (Phi) is 3.10. The van der Waals surface area contributed by atoms with Gasteiger partial charge in [-0.25, -0.2) is 4.98 Å². The van der Waals surface area contributed by atoms with E-state index in [1.54, 1.807) is 25.4 Å². The number of hydrogen-bond donors (Lipinski definition) is 0. The zero-order valence-corrected chi connectivity index (χ0v) is 10.1. The Labute approximate surface area is 103 Å². The van der Waals surface area contributed by atoms with Crippen molar-refractivity contribution in [3.8, 4) is 5.88 Å². The third-order valence-electron chi connectivity index (χ3n) is 2.32. The Morgan fingerprint density at radius 1 is 1.53 bits per heavy atom. The van der Waals surface area contributed by atoms with Crippen LogP contribution in [0, 0.1) is 0 Å².